The van der Waals surface area contributed by atoms with E-state index in [9.17, 15) is 4.79 Å². The highest BCUT2D eigenvalue weighted by Gasteiger charge is 2.32. The lowest BCUT2D eigenvalue weighted by atomic mass is 9.79. The summed E-state index contributed by atoms with van der Waals surface area (Å²) in [5, 5.41) is 11.0. The quantitative estimate of drug-likeness (QED) is 0.781. The van der Waals surface area contributed by atoms with Crippen molar-refractivity contribution in [2.24, 2.45) is 5.41 Å². The number of nitrogens with zero attached hydrogens (tertiary/aromatic N) is 2. The molecule has 2 heterocycles. The molecule has 126 valence electrons. The molecule has 0 bridgehead atoms. The summed E-state index contributed by atoms with van der Waals surface area (Å²) in [7, 11) is 1.72. The van der Waals surface area contributed by atoms with Gasteiger partial charge in [-0.15, -0.1) is 12.4 Å². The lowest BCUT2D eigenvalue weighted by Crippen LogP contribution is -2.47. The molecule has 1 saturated heterocycles. The Kier molecular flexibility index (Phi) is 8.17. The highest BCUT2D eigenvalue weighted by molar-refractivity contribution is 6.30. The maximum Gasteiger partial charge on any atom is 0.221 e. The number of nitrogens with one attached hydrogen (secondary N) is 2. The van der Waals surface area contributed by atoms with Crippen molar-refractivity contribution in [2.45, 2.75) is 25.8 Å². The predicted molar refractivity (Wildman–Crippen MR) is 88.5 cm³/mol. The number of aromatic nitrogens is 2. The maximum atomic E-state index is 12.0. The molecule has 1 amide bonds. The summed E-state index contributed by atoms with van der Waals surface area (Å²) in [6.45, 7) is 3.85. The van der Waals surface area contributed by atoms with Crippen LogP contribution in [-0.4, -0.2) is 49.0 Å². The second kappa shape index (κ2) is 9.35. The molecule has 0 aliphatic carbocycles. The zero-order chi connectivity index (χ0) is 15.1. The van der Waals surface area contributed by atoms with E-state index in [1.54, 1.807) is 24.2 Å². The van der Waals surface area contributed by atoms with Gasteiger partial charge in [0.25, 0.3) is 0 Å². The molecule has 2 N–H and O–H groups in total. The summed E-state index contributed by atoms with van der Waals surface area (Å²) >= 11 is 5.79. The molecule has 22 heavy (non-hydrogen) atoms. The van der Waals surface area contributed by atoms with Crippen molar-refractivity contribution < 1.29 is 9.53 Å². The van der Waals surface area contributed by atoms with Gasteiger partial charge in [0.15, 0.2) is 0 Å². The van der Waals surface area contributed by atoms with Crippen LogP contribution in [0.5, 0.6) is 0 Å². The van der Waals surface area contributed by atoms with Crippen LogP contribution in [0, 0.1) is 5.41 Å². The highest BCUT2D eigenvalue weighted by atomic mass is 35.5. The number of ether oxygens (including phenoxy) is 1. The monoisotopic (exact) mass is 350 g/mol. The molecule has 6 nitrogen and oxygen atoms in total. The summed E-state index contributed by atoms with van der Waals surface area (Å²) in [5.41, 5.74) is 0.0602. The molecule has 1 aliphatic heterocycles. The molecule has 1 aliphatic rings. The Morgan fingerprint density at radius 1 is 1.55 bits per heavy atom. The fourth-order valence-corrected chi connectivity index (χ4v) is 2.84. The van der Waals surface area contributed by atoms with E-state index in [1.165, 1.54) is 0 Å². The number of rotatable bonds is 7. The zero-order valence-electron chi connectivity index (χ0n) is 12.8. The molecule has 1 aromatic rings. The number of hydrogen-bond acceptors (Lipinski definition) is 4. The summed E-state index contributed by atoms with van der Waals surface area (Å²) in [6, 6.07) is 0. The van der Waals surface area contributed by atoms with Crippen molar-refractivity contribution in [1.82, 2.24) is 20.4 Å². The molecule has 0 spiro atoms. The van der Waals surface area contributed by atoms with Crippen LogP contribution in [0.1, 0.15) is 19.3 Å². The van der Waals surface area contributed by atoms with Crippen LogP contribution in [0.4, 0.5) is 0 Å². The van der Waals surface area contributed by atoms with Crippen LogP contribution in [0.15, 0.2) is 12.4 Å². The van der Waals surface area contributed by atoms with E-state index >= 15 is 0 Å². The number of amides is 1. The minimum atomic E-state index is 0. The molecule has 0 radical (unpaired) electrons. The molecule has 0 unspecified atom stereocenters. The standard InChI is InChI=1S/C14H23ClN4O2.ClH/c1-21-11-14(3-5-16-6-4-14)10-17-13(20)2-7-19-9-12(15)8-18-19;/h8-9,16H,2-7,10-11H2,1H3,(H,17,20);1H. The lowest BCUT2D eigenvalue weighted by molar-refractivity contribution is -0.122. The Balaban J connectivity index is 0.00000242. The van der Waals surface area contributed by atoms with Gasteiger partial charge < -0.3 is 15.4 Å². The van der Waals surface area contributed by atoms with Crippen LogP contribution in [0.2, 0.25) is 5.02 Å². The van der Waals surface area contributed by atoms with Gasteiger partial charge in [0.05, 0.1) is 17.8 Å². The summed E-state index contributed by atoms with van der Waals surface area (Å²) in [6.07, 6.45) is 5.74. The molecule has 2 rings (SSSR count). The molecule has 0 aromatic carbocycles. The van der Waals surface area contributed by atoms with E-state index in [2.05, 4.69) is 15.7 Å². The first-order chi connectivity index (χ1) is 10.1. The van der Waals surface area contributed by atoms with E-state index in [-0.39, 0.29) is 23.7 Å². The van der Waals surface area contributed by atoms with E-state index in [4.69, 9.17) is 16.3 Å². The number of carbonyl (C=O) groups is 1. The largest absolute Gasteiger partial charge is 0.384 e. The van der Waals surface area contributed by atoms with E-state index in [1.807, 2.05) is 0 Å². The number of piperidine rings is 1. The van der Waals surface area contributed by atoms with Gasteiger partial charge >= 0.3 is 0 Å². The third-order valence-corrected chi connectivity index (χ3v) is 4.14. The minimum Gasteiger partial charge on any atom is -0.384 e. The molecule has 0 atom stereocenters. The average molecular weight is 351 g/mol. The molecule has 0 saturated carbocycles. The van der Waals surface area contributed by atoms with Gasteiger partial charge in [0.2, 0.25) is 5.91 Å². The Hall–Kier alpha value is -0.820. The summed E-state index contributed by atoms with van der Waals surface area (Å²) in [5.74, 6) is 0.0376. The van der Waals surface area contributed by atoms with Crippen molar-refractivity contribution in [2.75, 3.05) is 33.4 Å². The number of carbonyl (C=O) groups excluding carboxylic acids is 1. The first kappa shape index (κ1) is 19.2. The van der Waals surface area contributed by atoms with Gasteiger partial charge in [-0.2, -0.15) is 5.10 Å². The fraction of sp³-hybridized carbons (Fsp3) is 0.714. The molecule has 1 aromatic heterocycles. The van der Waals surface area contributed by atoms with Crippen molar-refractivity contribution in [3.05, 3.63) is 17.4 Å². The van der Waals surface area contributed by atoms with Crippen molar-refractivity contribution in [1.29, 1.82) is 0 Å². The molecular formula is C14H24Cl2N4O2. The summed E-state index contributed by atoms with van der Waals surface area (Å²) < 4.78 is 7.02. The Bertz CT molecular complexity index is 456. The van der Waals surface area contributed by atoms with Crippen LogP contribution in [0.25, 0.3) is 0 Å². The SMILES string of the molecule is COCC1(CNC(=O)CCn2cc(Cl)cn2)CCNCC1.Cl. The van der Waals surface area contributed by atoms with Crippen LogP contribution in [-0.2, 0) is 16.1 Å². The van der Waals surface area contributed by atoms with Crippen molar-refractivity contribution in [3.63, 3.8) is 0 Å². The first-order valence-electron chi connectivity index (χ1n) is 7.28. The van der Waals surface area contributed by atoms with Gasteiger partial charge in [0.1, 0.15) is 0 Å². The van der Waals surface area contributed by atoms with Crippen LogP contribution < -0.4 is 10.6 Å². The topological polar surface area (TPSA) is 68.2 Å². The van der Waals surface area contributed by atoms with Crippen molar-refractivity contribution >= 4 is 29.9 Å². The van der Waals surface area contributed by atoms with Crippen LogP contribution in [0.3, 0.4) is 0 Å². The Morgan fingerprint density at radius 2 is 2.27 bits per heavy atom. The number of halogens is 2. The zero-order valence-corrected chi connectivity index (χ0v) is 14.4. The second-order valence-corrected chi connectivity index (χ2v) is 6.07. The van der Waals surface area contributed by atoms with Gasteiger partial charge in [-0.25, -0.2) is 0 Å². The fourth-order valence-electron chi connectivity index (χ4n) is 2.69. The number of aryl methyl sites for hydroxylation is 1. The van der Waals surface area contributed by atoms with Crippen molar-refractivity contribution in [3.8, 4) is 0 Å². The van der Waals surface area contributed by atoms with Gasteiger partial charge in [-0.3, -0.25) is 9.48 Å². The van der Waals surface area contributed by atoms with Gasteiger partial charge in [0, 0.05) is 38.2 Å². The second-order valence-electron chi connectivity index (χ2n) is 5.63. The number of methoxy groups -OCH3 is 1. The van der Waals surface area contributed by atoms with Gasteiger partial charge in [-0.1, -0.05) is 11.6 Å². The van der Waals surface area contributed by atoms with E-state index in [0.717, 1.165) is 25.9 Å². The Morgan fingerprint density at radius 3 is 2.86 bits per heavy atom. The smallest absolute Gasteiger partial charge is 0.221 e. The normalized spacial score (nSPS) is 16.8. The third kappa shape index (κ3) is 5.76. The average Bonchev–Trinajstić information content (AvgIpc) is 2.90. The summed E-state index contributed by atoms with van der Waals surface area (Å²) in [4.78, 5) is 12.0. The predicted octanol–water partition coefficient (Wildman–Crippen LogP) is 1.48. The lowest BCUT2D eigenvalue weighted by Gasteiger charge is -2.37. The van der Waals surface area contributed by atoms with Gasteiger partial charge in [-0.05, 0) is 25.9 Å². The Labute approximate surface area is 142 Å². The highest BCUT2D eigenvalue weighted by Crippen LogP contribution is 2.28. The first-order valence-corrected chi connectivity index (χ1v) is 7.66. The minimum absolute atomic E-state index is 0. The molecule has 1 fully saturated rings. The number of hydrogen-bond donors (Lipinski definition) is 2. The molecule has 8 heteroatoms. The van der Waals surface area contributed by atoms with Crippen LogP contribution >= 0.6 is 24.0 Å². The maximum absolute atomic E-state index is 12.0. The third-order valence-electron chi connectivity index (χ3n) is 3.94. The van der Waals surface area contributed by atoms with E-state index < -0.39 is 0 Å². The van der Waals surface area contributed by atoms with E-state index in [0.29, 0.717) is 31.1 Å². The molecular weight excluding hydrogens is 327 g/mol.